The number of aromatic hydroxyl groups is 4. The Morgan fingerprint density at radius 1 is 0.912 bits per heavy atom. The van der Waals surface area contributed by atoms with Gasteiger partial charge in [-0.15, -0.1) is 0 Å². The van der Waals surface area contributed by atoms with Crippen LogP contribution in [0, 0.1) is 0 Å². The standard InChI is InChI=1S/C22H22O12/c1-32-13-3-7(2-10(26)17(13)27)11-4-8(24)15-12(33-11)5-9(25)16(19(15)29)22-21(31)20(30)18(28)14(6-23)34-22/h2-5,14,18,20-23,25-31H,6H2,1H3/t14-,18-,20+,21-,22+/m1/s1. The van der Waals surface area contributed by atoms with Crippen LogP contribution in [0.4, 0.5) is 0 Å². The molecule has 0 saturated carbocycles. The van der Waals surface area contributed by atoms with Crippen LogP contribution in [0.3, 0.4) is 0 Å². The first-order chi connectivity index (χ1) is 16.1. The molecule has 1 aliphatic heterocycles. The lowest BCUT2D eigenvalue weighted by molar-refractivity contribution is -0.232. The summed E-state index contributed by atoms with van der Waals surface area (Å²) in [4.78, 5) is 12.9. The van der Waals surface area contributed by atoms with Gasteiger partial charge in [0.05, 0.1) is 19.3 Å². The summed E-state index contributed by atoms with van der Waals surface area (Å²) in [6.45, 7) is -0.731. The number of phenols is 4. The van der Waals surface area contributed by atoms with E-state index in [0.717, 1.165) is 18.2 Å². The molecule has 1 aromatic heterocycles. The zero-order chi connectivity index (χ0) is 24.9. The molecule has 1 aliphatic rings. The topological polar surface area (TPSA) is 211 Å². The summed E-state index contributed by atoms with van der Waals surface area (Å²) in [6, 6.07) is 4.38. The van der Waals surface area contributed by atoms with E-state index in [-0.39, 0.29) is 28.0 Å². The predicted molar refractivity (Wildman–Crippen MR) is 114 cm³/mol. The van der Waals surface area contributed by atoms with Crippen LogP contribution in [0.5, 0.6) is 28.7 Å². The lowest BCUT2D eigenvalue weighted by Gasteiger charge is -2.40. The number of phenolic OH excluding ortho intramolecular Hbond substituents is 4. The number of methoxy groups -OCH3 is 1. The van der Waals surface area contributed by atoms with E-state index in [9.17, 15) is 45.6 Å². The molecule has 1 fully saturated rings. The van der Waals surface area contributed by atoms with Crippen molar-refractivity contribution in [3.63, 3.8) is 0 Å². The van der Waals surface area contributed by atoms with E-state index in [1.165, 1.54) is 13.2 Å². The molecule has 0 spiro atoms. The Kier molecular flexibility index (Phi) is 6.02. The van der Waals surface area contributed by atoms with Gasteiger partial charge < -0.3 is 54.7 Å². The van der Waals surface area contributed by atoms with Gasteiger partial charge in [0, 0.05) is 17.7 Å². The predicted octanol–water partition coefficient (Wildman–Crippen LogP) is -0.194. The van der Waals surface area contributed by atoms with Crippen molar-refractivity contribution in [2.24, 2.45) is 0 Å². The molecule has 8 N–H and O–H groups in total. The molecule has 1 saturated heterocycles. The second-order valence-electron chi connectivity index (χ2n) is 7.80. The first-order valence-corrected chi connectivity index (χ1v) is 10.0. The quantitative estimate of drug-likeness (QED) is 0.229. The van der Waals surface area contributed by atoms with Crippen LogP contribution in [0.2, 0.25) is 0 Å². The summed E-state index contributed by atoms with van der Waals surface area (Å²) in [5.74, 6) is -2.71. The number of ether oxygens (including phenoxy) is 2. The molecule has 0 aliphatic carbocycles. The molecular formula is C22H22O12. The van der Waals surface area contributed by atoms with Crippen molar-refractivity contribution in [1.82, 2.24) is 0 Å². The molecule has 0 radical (unpaired) electrons. The molecule has 34 heavy (non-hydrogen) atoms. The molecule has 0 amide bonds. The van der Waals surface area contributed by atoms with E-state index >= 15 is 0 Å². The van der Waals surface area contributed by atoms with E-state index in [1.807, 2.05) is 0 Å². The molecule has 0 bridgehead atoms. The monoisotopic (exact) mass is 478 g/mol. The molecule has 12 nitrogen and oxygen atoms in total. The molecular weight excluding hydrogens is 456 g/mol. The van der Waals surface area contributed by atoms with Gasteiger partial charge in [-0.2, -0.15) is 0 Å². The minimum atomic E-state index is -1.81. The summed E-state index contributed by atoms with van der Waals surface area (Å²) in [7, 11) is 1.26. The first-order valence-electron chi connectivity index (χ1n) is 10.0. The maximum absolute atomic E-state index is 12.9. The van der Waals surface area contributed by atoms with Crippen LogP contribution in [-0.2, 0) is 4.74 Å². The number of hydrogen-bond donors (Lipinski definition) is 8. The van der Waals surface area contributed by atoms with Crippen molar-refractivity contribution in [3.05, 3.63) is 40.1 Å². The van der Waals surface area contributed by atoms with Gasteiger partial charge in [0.15, 0.2) is 16.9 Å². The number of fused-ring (bicyclic) bond motifs is 1. The van der Waals surface area contributed by atoms with Crippen molar-refractivity contribution in [2.75, 3.05) is 13.7 Å². The number of benzene rings is 2. The Hall–Kier alpha value is -3.55. The van der Waals surface area contributed by atoms with E-state index in [4.69, 9.17) is 13.9 Å². The minimum Gasteiger partial charge on any atom is -0.507 e. The van der Waals surface area contributed by atoms with Crippen LogP contribution in [0.1, 0.15) is 11.7 Å². The van der Waals surface area contributed by atoms with Crippen molar-refractivity contribution >= 4 is 11.0 Å². The molecule has 2 aromatic carbocycles. The molecule has 12 heteroatoms. The van der Waals surface area contributed by atoms with Crippen molar-refractivity contribution in [1.29, 1.82) is 0 Å². The van der Waals surface area contributed by atoms with Gasteiger partial charge in [0.25, 0.3) is 0 Å². The zero-order valence-corrected chi connectivity index (χ0v) is 17.6. The average molecular weight is 478 g/mol. The van der Waals surface area contributed by atoms with Crippen LogP contribution < -0.4 is 10.2 Å². The smallest absolute Gasteiger partial charge is 0.200 e. The largest absolute Gasteiger partial charge is 0.507 e. The van der Waals surface area contributed by atoms with Gasteiger partial charge in [-0.1, -0.05) is 0 Å². The highest BCUT2D eigenvalue weighted by molar-refractivity contribution is 5.88. The number of rotatable bonds is 4. The van der Waals surface area contributed by atoms with Gasteiger partial charge in [-0.3, -0.25) is 4.79 Å². The van der Waals surface area contributed by atoms with Gasteiger partial charge in [0.1, 0.15) is 58.7 Å². The van der Waals surface area contributed by atoms with E-state index < -0.39 is 71.1 Å². The number of hydrogen-bond acceptors (Lipinski definition) is 12. The fourth-order valence-electron chi connectivity index (χ4n) is 3.96. The maximum Gasteiger partial charge on any atom is 0.200 e. The summed E-state index contributed by atoms with van der Waals surface area (Å²) >= 11 is 0. The number of aliphatic hydroxyl groups is 4. The molecule has 3 aromatic rings. The highest BCUT2D eigenvalue weighted by Gasteiger charge is 2.46. The molecule has 182 valence electrons. The van der Waals surface area contributed by atoms with Gasteiger partial charge >= 0.3 is 0 Å². The lowest BCUT2D eigenvalue weighted by atomic mass is 9.89. The molecule has 4 rings (SSSR count). The summed E-state index contributed by atoms with van der Waals surface area (Å²) < 4.78 is 16.0. The molecule has 2 heterocycles. The second kappa shape index (κ2) is 8.66. The summed E-state index contributed by atoms with van der Waals surface area (Å²) in [5, 5.41) is 80.5. The zero-order valence-electron chi connectivity index (χ0n) is 17.6. The highest BCUT2D eigenvalue weighted by Crippen LogP contribution is 2.45. The van der Waals surface area contributed by atoms with Crippen LogP contribution >= 0.6 is 0 Å². The number of aliphatic hydroxyl groups excluding tert-OH is 4. The normalized spacial score (nSPS) is 24.9. The Morgan fingerprint density at radius 3 is 2.26 bits per heavy atom. The average Bonchev–Trinajstić information content (AvgIpc) is 2.80. The second-order valence-corrected chi connectivity index (χ2v) is 7.80. The van der Waals surface area contributed by atoms with Crippen molar-refractivity contribution < 1.29 is 54.7 Å². The van der Waals surface area contributed by atoms with Crippen molar-refractivity contribution in [2.45, 2.75) is 30.5 Å². The van der Waals surface area contributed by atoms with E-state index in [0.29, 0.717) is 0 Å². The fraction of sp³-hybridized carbons (Fsp3) is 0.318. The Labute approximate surface area is 190 Å². The third kappa shape index (κ3) is 3.67. The fourth-order valence-corrected chi connectivity index (χ4v) is 3.96. The molecule has 0 unspecified atom stereocenters. The Morgan fingerprint density at radius 2 is 1.62 bits per heavy atom. The van der Waals surface area contributed by atoms with Gasteiger partial charge in [0.2, 0.25) is 5.75 Å². The maximum atomic E-state index is 12.9. The van der Waals surface area contributed by atoms with Gasteiger partial charge in [-0.25, -0.2) is 0 Å². The highest BCUT2D eigenvalue weighted by atomic mass is 16.5. The Balaban J connectivity index is 1.87. The summed E-state index contributed by atoms with van der Waals surface area (Å²) in [5.41, 5.74) is -1.35. The lowest BCUT2D eigenvalue weighted by Crippen LogP contribution is -2.55. The Bertz CT molecular complexity index is 1300. The first kappa shape index (κ1) is 23.6. The van der Waals surface area contributed by atoms with Crippen LogP contribution in [0.25, 0.3) is 22.3 Å². The SMILES string of the molecule is COc1cc(-c2cc(=O)c3c(O)c([C@@H]4O[C@H](CO)[C@@H](O)[C@H](O)[C@H]4O)c(O)cc3o2)cc(O)c1O. The van der Waals surface area contributed by atoms with E-state index in [2.05, 4.69) is 0 Å². The molecule has 5 atom stereocenters. The van der Waals surface area contributed by atoms with Crippen LogP contribution in [0.15, 0.2) is 33.5 Å². The van der Waals surface area contributed by atoms with Crippen molar-refractivity contribution in [3.8, 4) is 40.1 Å². The third-order valence-corrected chi connectivity index (χ3v) is 5.75. The van der Waals surface area contributed by atoms with Crippen LogP contribution in [-0.4, -0.2) is 79.0 Å². The third-order valence-electron chi connectivity index (χ3n) is 5.75. The summed E-state index contributed by atoms with van der Waals surface area (Å²) in [6.07, 6.45) is -8.16. The van der Waals surface area contributed by atoms with E-state index in [1.54, 1.807) is 0 Å². The van der Waals surface area contributed by atoms with Gasteiger partial charge in [-0.05, 0) is 12.1 Å². The minimum absolute atomic E-state index is 0.0921.